The van der Waals surface area contributed by atoms with E-state index < -0.39 is 6.04 Å². The topological polar surface area (TPSA) is 82.2 Å². The minimum atomic E-state index is -0.515. The summed E-state index contributed by atoms with van der Waals surface area (Å²) >= 11 is 0. The summed E-state index contributed by atoms with van der Waals surface area (Å²) < 4.78 is 5.20. The molecule has 0 spiro atoms. The van der Waals surface area contributed by atoms with Crippen molar-refractivity contribution < 1.29 is 19.1 Å². The van der Waals surface area contributed by atoms with Crippen molar-refractivity contribution >= 4 is 17.7 Å². The highest BCUT2D eigenvalue weighted by Gasteiger charge is 2.43. The highest BCUT2D eigenvalue weighted by Crippen LogP contribution is 2.27. The van der Waals surface area contributed by atoms with Gasteiger partial charge in [-0.3, -0.25) is 14.4 Å². The fraction of sp³-hybridized carbons (Fsp3) is 0.609. The lowest BCUT2D eigenvalue weighted by Crippen LogP contribution is -2.53. The Labute approximate surface area is 184 Å². The van der Waals surface area contributed by atoms with E-state index in [2.05, 4.69) is 19.2 Å². The van der Waals surface area contributed by atoms with E-state index in [4.69, 9.17) is 4.74 Å². The summed E-state index contributed by atoms with van der Waals surface area (Å²) in [6, 6.07) is 6.35. The Kier molecular flexibility index (Phi) is 7.54. The average Bonchev–Trinajstić information content (AvgIpc) is 3.22. The van der Waals surface area contributed by atoms with Gasteiger partial charge in [-0.2, -0.15) is 0 Å². The van der Waals surface area contributed by atoms with E-state index in [1.807, 2.05) is 9.80 Å². The number of nitrogens with one attached hydrogen (secondary N) is 1. The summed E-state index contributed by atoms with van der Waals surface area (Å²) in [5, 5.41) is 3.25. The van der Waals surface area contributed by atoms with Crippen LogP contribution >= 0.6 is 0 Å². The Morgan fingerprint density at radius 3 is 2.35 bits per heavy atom. The van der Waals surface area contributed by atoms with Gasteiger partial charge < -0.3 is 24.8 Å². The zero-order chi connectivity index (χ0) is 22.5. The minimum absolute atomic E-state index is 0.0133. The summed E-state index contributed by atoms with van der Waals surface area (Å²) in [4.78, 5) is 44.3. The van der Waals surface area contributed by atoms with Crippen LogP contribution in [0.4, 0.5) is 0 Å². The van der Waals surface area contributed by atoms with Gasteiger partial charge in [-0.15, -0.1) is 0 Å². The molecule has 2 saturated heterocycles. The van der Waals surface area contributed by atoms with Crippen molar-refractivity contribution in [1.82, 2.24) is 20.0 Å². The first kappa shape index (κ1) is 23.1. The van der Waals surface area contributed by atoms with E-state index in [1.165, 1.54) is 6.92 Å². The van der Waals surface area contributed by atoms with Crippen LogP contribution in [0.15, 0.2) is 24.3 Å². The van der Waals surface area contributed by atoms with Gasteiger partial charge in [0.1, 0.15) is 11.8 Å². The molecular weight excluding hydrogens is 396 g/mol. The predicted molar refractivity (Wildman–Crippen MR) is 118 cm³/mol. The average molecular weight is 431 g/mol. The maximum atomic E-state index is 13.4. The number of likely N-dealkylation sites (tertiary alicyclic amines) is 1. The Balaban J connectivity index is 1.82. The Bertz CT molecular complexity index is 789. The van der Waals surface area contributed by atoms with Crippen molar-refractivity contribution in [3.05, 3.63) is 29.8 Å². The van der Waals surface area contributed by atoms with Crippen LogP contribution in [0.2, 0.25) is 0 Å². The molecule has 2 unspecified atom stereocenters. The summed E-state index contributed by atoms with van der Waals surface area (Å²) in [5.74, 6) is 0.728. The third kappa shape index (κ3) is 5.36. The van der Waals surface area contributed by atoms with Gasteiger partial charge in [-0.1, -0.05) is 13.8 Å². The van der Waals surface area contributed by atoms with Gasteiger partial charge in [0, 0.05) is 51.8 Å². The van der Waals surface area contributed by atoms with Crippen molar-refractivity contribution in [3.8, 4) is 5.75 Å². The van der Waals surface area contributed by atoms with E-state index >= 15 is 0 Å². The molecule has 0 bridgehead atoms. The number of rotatable bonds is 6. The summed E-state index contributed by atoms with van der Waals surface area (Å²) in [6.07, 6.45) is 0.469. The lowest BCUT2D eigenvalue weighted by Gasteiger charge is -2.32. The highest BCUT2D eigenvalue weighted by molar-refractivity contribution is 5.95. The predicted octanol–water partition coefficient (Wildman–Crippen LogP) is 1.21. The van der Waals surface area contributed by atoms with Crippen molar-refractivity contribution in [1.29, 1.82) is 0 Å². The van der Waals surface area contributed by atoms with E-state index in [1.54, 1.807) is 36.3 Å². The van der Waals surface area contributed by atoms with Crippen LogP contribution in [0.5, 0.6) is 5.75 Å². The molecule has 31 heavy (non-hydrogen) atoms. The molecule has 0 aromatic heterocycles. The van der Waals surface area contributed by atoms with E-state index in [0.29, 0.717) is 43.9 Å². The zero-order valence-electron chi connectivity index (χ0n) is 19.0. The molecule has 8 heteroatoms. The number of carbonyl (C=O) groups is 3. The number of ether oxygens (including phenoxy) is 1. The van der Waals surface area contributed by atoms with Crippen molar-refractivity contribution in [3.63, 3.8) is 0 Å². The maximum absolute atomic E-state index is 13.4. The Morgan fingerprint density at radius 2 is 1.81 bits per heavy atom. The van der Waals surface area contributed by atoms with E-state index in [0.717, 1.165) is 13.1 Å². The van der Waals surface area contributed by atoms with Gasteiger partial charge in [-0.25, -0.2) is 0 Å². The summed E-state index contributed by atoms with van der Waals surface area (Å²) in [5.41, 5.74) is 0.577. The number of methoxy groups -OCH3 is 1. The Morgan fingerprint density at radius 1 is 1.16 bits per heavy atom. The van der Waals surface area contributed by atoms with Gasteiger partial charge in [0.25, 0.3) is 5.91 Å². The highest BCUT2D eigenvalue weighted by atomic mass is 16.5. The fourth-order valence-electron chi connectivity index (χ4n) is 4.41. The second-order valence-corrected chi connectivity index (χ2v) is 8.73. The number of carbonyl (C=O) groups excluding carboxylic acids is 3. The second kappa shape index (κ2) is 10.1. The molecule has 3 rings (SSSR count). The third-order valence-electron chi connectivity index (χ3n) is 6.00. The number of piperazine rings is 1. The molecule has 2 aliphatic rings. The van der Waals surface area contributed by atoms with Gasteiger partial charge in [0.05, 0.1) is 13.2 Å². The Hall–Kier alpha value is -2.61. The van der Waals surface area contributed by atoms with Gasteiger partial charge in [-0.05, 0) is 36.6 Å². The molecule has 0 radical (unpaired) electrons. The monoisotopic (exact) mass is 430 g/mol. The number of amides is 3. The van der Waals surface area contributed by atoms with Crippen LogP contribution in [-0.2, 0) is 9.59 Å². The standard InChI is InChI=1S/C23H34N4O4/c1-16(2)14-27(22(29)18-5-7-20(31-4)8-6-18)19-13-21(26(15-19)17(3)28)23(30)25-11-9-24-10-12-25/h5-8,16,19,21,24H,9-15H2,1-4H3. The quantitative estimate of drug-likeness (QED) is 0.734. The van der Waals surface area contributed by atoms with Crippen LogP contribution < -0.4 is 10.1 Å². The molecular formula is C23H34N4O4. The van der Waals surface area contributed by atoms with Crippen LogP contribution in [0.25, 0.3) is 0 Å². The molecule has 1 aromatic carbocycles. The third-order valence-corrected chi connectivity index (χ3v) is 6.00. The molecule has 1 N–H and O–H groups in total. The molecule has 0 saturated carbocycles. The zero-order valence-corrected chi connectivity index (χ0v) is 19.0. The van der Waals surface area contributed by atoms with Crippen molar-refractivity contribution in [2.45, 2.75) is 39.3 Å². The van der Waals surface area contributed by atoms with Crippen LogP contribution in [0.3, 0.4) is 0 Å². The SMILES string of the molecule is COc1ccc(C(=O)N(CC(C)C)C2CC(C(=O)N3CCNCC3)N(C(C)=O)C2)cc1. The number of hydrogen-bond acceptors (Lipinski definition) is 5. The molecule has 170 valence electrons. The molecule has 8 nitrogen and oxygen atoms in total. The minimum Gasteiger partial charge on any atom is -0.497 e. The molecule has 2 aliphatic heterocycles. The van der Waals surface area contributed by atoms with Crippen LogP contribution in [0.1, 0.15) is 37.6 Å². The molecule has 0 aliphatic carbocycles. The van der Waals surface area contributed by atoms with E-state index in [-0.39, 0.29) is 29.7 Å². The van der Waals surface area contributed by atoms with Crippen LogP contribution in [0, 0.1) is 5.92 Å². The van der Waals surface area contributed by atoms with Gasteiger partial charge in [0.15, 0.2) is 0 Å². The summed E-state index contributed by atoms with van der Waals surface area (Å²) in [6.45, 7) is 9.39. The first-order valence-corrected chi connectivity index (χ1v) is 11.0. The number of hydrogen-bond donors (Lipinski definition) is 1. The number of nitrogens with zero attached hydrogens (tertiary/aromatic N) is 3. The summed E-state index contributed by atoms with van der Waals surface area (Å²) in [7, 11) is 1.59. The second-order valence-electron chi connectivity index (χ2n) is 8.73. The smallest absolute Gasteiger partial charge is 0.254 e. The molecule has 2 atom stereocenters. The van der Waals surface area contributed by atoms with Crippen LogP contribution in [-0.4, -0.2) is 90.9 Å². The molecule has 2 fully saturated rings. The van der Waals surface area contributed by atoms with Gasteiger partial charge in [0.2, 0.25) is 11.8 Å². The van der Waals surface area contributed by atoms with Gasteiger partial charge >= 0.3 is 0 Å². The lowest BCUT2D eigenvalue weighted by molar-refractivity contribution is -0.143. The van der Waals surface area contributed by atoms with E-state index in [9.17, 15) is 14.4 Å². The number of benzene rings is 1. The normalized spacial score (nSPS) is 21.3. The largest absolute Gasteiger partial charge is 0.497 e. The first-order valence-electron chi connectivity index (χ1n) is 11.0. The van der Waals surface area contributed by atoms with Crippen molar-refractivity contribution in [2.75, 3.05) is 46.4 Å². The maximum Gasteiger partial charge on any atom is 0.254 e. The van der Waals surface area contributed by atoms with Crippen molar-refractivity contribution in [2.24, 2.45) is 5.92 Å². The first-order chi connectivity index (χ1) is 14.8. The molecule has 1 aromatic rings. The molecule has 3 amide bonds. The lowest BCUT2D eigenvalue weighted by atomic mass is 10.1. The fourth-order valence-corrected chi connectivity index (χ4v) is 4.41. The molecule has 2 heterocycles.